The molecule has 7 rings (SSSR count). The van der Waals surface area contributed by atoms with Crippen LogP contribution in [0.1, 0.15) is 84.9 Å². The Hall–Kier alpha value is -5.91. The third-order valence-electron chi connectivity index (χ3n) is 11.7. The van der Waals surface area contributed by atoms with Gasteiger partial charge >= 0.3 is 0 Å². The minimum atomic E-state index is -1.02. The average molecular weight is 901 g/mol. The number of anilines is 2. The minimum Gasteiger partial charge on any atom is -0.493 e. The molecule has 4 heterocycles. The average Bonchev–Trinajstić information content (AvgIpc) is 3.55. The van der Waals surface area contributed by atoms with Gasteiger partial charge < -0.3 is 34.6 Å². The van der Waals surface area contributed by atoms with Crippen LogP contribution in [0.25, 0.3) is 10.9 Å². The van der Waals surface area contributed by atoms with Gasteiger partial charge in [-0.05, 0) is 62.1 Å². The van der Waals surface area contributed by atoms with Crippen LogP contribution in [0.3, 0.4) is 0 Å². The van der Waals surface area contributed by atoms with Crippen molar-refractivity contribution in [1.29, 1.82) is 0 Å². The van der Waals surface area contributed by atoms with E-state index in [2.05, 4.69) is 35.7 Å². The van der Waals surface area contributed by atoms with Crippen LogP contribution in [-0.4, -0.2) is 126 Å². The molecule has 1 atom stereocenters. The van der Waals surface area contributed by atoms with Crippen molar-refractivity contribution in [1.82, 2.24) is 35.3 Å². The smallest absolute Gasteiger partial charge is 0.266 e. The van der Waals surface area contributed by atoms with Gasteiger partial charge in [0.15, 0.2) is 11.5 Å². The normalized spacial score (nSPS) is 16.8. The number of hydrogen-bond acceptors (Lipinski definition) is 13. The first kappa shape index (κ1) is 46.1. The van der Waals surface area contributed by atoms with Crippen LogP contribution in [0.5, 0.6) is 17.2 Å². The molecule has 0 radical (unpaired) electrons. The largest absolute Gasteiger partial charge is 0.493 e. The quantitative estimate of drug-likeness (QED) is 0.0628. The van der Waals surface area contributed by atoms with Crippen molar-refractivity contribution >= 4 is 63.5 Å². The second-order valence-electron chi connectivity index (χ2n) is 16.1. The van der Waals surface area contributed by atoms with Crippen LogP contribution < -0.4 is 30.2 Å². The standard InChI is InChI=1S/C46H54ClFN8O8/c1-62-38-28-35-32(43(51-29-50-35)52-30-12-13-34(48)33(47)26-30)27-39(38)64-25-9-18-54-20-22-55(23-21-54)19-16-40(57)49-17-6-4-2-3-5-7-24-63-37-11-8-10-31-42(37)46(61)56(45(31)60)36-14-15-41(58)53-44(36)59/h8,10-13,26-29,36H,2-7,9,14-25H2,1H3,(H,49,57)(H,50,51,52)(H,53,58,59). The number of methoxy groups -OCH3 is 1. The molecule has 18 heteroatoms. The summed E-state index contributed by atoms with van der Waals surface area (Å²) in [6.45, 7) is 6.80. The van der Waals surface area contributed by atoms with Crippen LogP contribution in [0.2, 0.25) is 5.02 Å². The van der Waals surface area contributed by atoms with Gasteiger partial charge in [-0.1, -0.05) is 43.4 Å². The van der Waals surface area contributed by atoms with Crippen LogP contribution >= 0.6 is 11.6 Å². The van der Waals surface area contributed by atoms with E-state index in [4.69, 9.17) is 25.8 Å². The number of nitrogens with one attached hydrogen (secondary N) is 3. The summed E-state index contributed by atoms with van der Waals surface area (Å²) in [5, 5.41) is 9.19. The number of unbranched alkanes of at least 4 members (excludes halogenated alkanes) is 5. The molecule has 16 nitrogen and oxygen atoms in total. The van der Waals surface area contributed by atoms with Gasteiger partial charge in [0.2, 0.25) is 17.7 Å². The number of hydrogen-bond donors (Lipinski definition) is 3. The molecule has 5 amide bonds. The van der Waals surface area contributed by atoms with Crippen molar-refractivity contribution in [2.24, 2.45) is 0 Å². The van der Waals surface area contributed by atoms with E-state index in [1.54, 1.807) is 37.4 Å². The van der Waals surface area contributed by atoms with Crippen molar-refractivity contribution in [3.8, 4) is 17.2 Å². The molecule has 3 aromatic carbocycles. The minimum absolute atomic E-state index is 0.00935. The third kappa shape index (κ3) is 11.6. The Morgan fingerprint density at radius 3 is 2.34 bits per heavy atom. The van der Waals surface area contributed by atoms with Gasteiger partial charge in [-0.3, -0.25) is 34.2 Å². The molecule has 3 N–H and O–H groups in total. The number of imide groups is 2. The highest BCUT2D eigenvalue weighted by Crippen LogP contribution is 2.36. The first-order chi connectivity index (χ1) is 31.1. The number of carbonyl (C=O) groups excluding carboxylic acids is 5. The first-order valence-electron chi connectivity index (χ1n) is 22.0. The molecule has 0 saturated carbocycles. The summed E-state index contributed by atoms with van der Waals surface area (Å²) < 4.78 is 31.4. The van der Waals surface area contributed by atoms with Gasteiger partial charge in [0, 0.05) is 75.8 Å². The van der Waals surface area contributed by atoms with E-state index in [0.717, 1.165) is 94.5 Å². The Bertz CT molecular complexity index is 2340. The molecule has 3 aliphatic rings. The highest BCUT2D eigenvalue weighted by atomic mass is 35.5. The summed E-state index contributed by atoms with van der Waals surface area (Å²) >= 11 is 5.97. The van der Waals surface area contributed by atoms with E-state index in [-0.39, 0.29) is 34.9 Å². The number of benzene rings is 3. The predicted octanol–water partition coefficient (Wildman–Crippen LogP) is 5.89. The number of amides is 5. The molecule has 1 aromatic heterocycles. The van der Waals surface area contributed by atoms with Gasteiger partial charge in [-0.15, -0.1) is 0 Å². The van der Waals surface area contributed by atoms with Gasteiger partial charge in [0.05, 0.1) is 42.0 Å². The van der Waals surface area contributed by atoms with Crippen LogP contribution in [0, 0.1) is 5.82 Å². The fourth-order valence-corrected chi connectivity index (χ4v) is 8.33. The maximum absolute atomic E-state index is 13.7. The van der Waals surface area contributed by atoms with E-state index in [1.165, 1.54) is 18.5 Å². The number of nitrogens with zero attached hydrogens (tertiary/aromatic N) is 5. The monoisotopic (exact) mass is 900 g/mol. The van der Waals surface area contributed by atoms with Gasteiger partial charge in [0.1, 0.15) is 29.8 Å². The lowest BCUT2D eigenvalue weighted by Crippen LogP contribution is -2.54. The van der Waals surface area contributed by atoms with Gasteiger partial charge in [-0.25, -0.2) is 14.4 Å². The zero-order chi connectivity index (χ0) is 45.0. The molecule has 340 valence electrons. The summed E-state index contributed by atoms with van der Waals surface area (Å²) in [4.78, 5) is 77.2. The van der Waals surface area contributed by atoms with E-state index in [9.17, 15) is 28.4 Å². The van der Waals surface area contributed by atoms with E-state index < -0.39 is 35.5 Å². The van der Waals surface area contributed by atoms with Crippen LogP contribution in [-0.2, 0) is 14.4 Å². The predicted molar refractivity (Wildman–Crippen MR) is 238 cm³/mol. The molecule has 64 heavy (non-hydrogen) atoms. The topological polar surface area (TPSA) is 185 Å². The van der Waals surface area contributed by atoms with Crippen molar-refractivity contribution in [3.05, 3.63) is 76.8 Å². The number of aromatic nitrogens is 2. The molecule has 0 aliphatic carbocycles. The summed E-state index contributed by atoms with van der Waals surface area (Å²) in [5.41, 5.74) is 1.62. The zero-order valence-electron chi connectivity index (χ0n) is 36.0. The number of piperazine rings is 1. The summed E-state index contributed by atoms with van der Waals surface area (Å²) in [6.07, 6.45) is 8.57. The summed E-state index contributed by atoms with van der Waals surface area (Å²) in [5.74, 6) is -0.631. The SMILES string of the molecule is COc1cc2ncnc(Nc3ccc(F)c(Cl)c3)c2cc1OCCCN1CCN(CCC(=O)NCCCCCCCCOc2cccc3c2C(=O)N(C2CCC(=O)NC2=O)C3=O)CC1. The lowest BCUT2D eigenvalue weighted by atomic mass is 10.0. The highest BCUT2D eigenvalue weighted by molar-refractivity contribution is 6.31. The lowest BCUT2D eigenvalue weighted by molar-refractivity contribution is -0.136. The Balaban J connectivity index is 0.715. The molecular formula is C46H54ClFN8O8. The van der Waals surface area contributed by atoms with Crippen LogP contribution in [0.4, 0.5) is 15.9 Å². The highest BCUT2D eigenvalue weighted by Gasteiger charge is 2.46. The van der Waals surface area contributed by atoms with Crippen molar-refractivity contribution in [2.45, 2.75) is 70.3 Å². The van der Waals surface area contributed by atoms with Crippen molar-refractivity contribution in [2.75, 3.05) is 71.5 Å². The number of halogens is 2. The lowest BCUT2D eigenvalue weighted by Gasteiger charge is -2.34. The molecule has 2 fully saturated rings. The Kier molecular flexibility index (Phi) is 15.9. The molecule has 3 aliphatic heterocycles. The second kappa shape index (κ2) is 22.1. The number of carbonyl (C=O) groups is 5. The molecule has 1 unspecified atom stereocenters. The Labute approximate surface area is 376 Å². The van der Waals surface area contributed by atoms with E-state index in [1.807, 2.05) is 6.07 Å². The van der Waals surface area contributed by atoms with Gasteiger partial charge in [-0.2, -0.15) is 0 Å². The van der Waals surface area contributed by atoms with E-state index in [0.29, 0.717) is 60.4 Å². The molecule has 0 spiro atoms. The number of ether oxygens (including phenoxy) is 3. The fourth-order valence-electron chi connectivity index (χ4n) is 8.15. The third-order valence-corrected chi connectivity index (χ3v) is 12.0. The molecule has 0 bridgehead atoms. The van der Waals surface area contributed by atoms with Gasteiger partial charge in [0.25, 0.3) is 11.8 Å². The summed E-state index contributed by atoms with van der Waals surface area (Å²) in [7, 11) is 1.59. The summed E-state index contributed by atoms with van der Waals surface area (Å²) in [6, 6.07) is 11.9. The molecule has 4 aromatic rings. The number of piperidine rings is 1. The zero-order valence-corrected chi connectivity index (χ0v) is 36.7. The molecular weight excluding hydrogens is 847 g/mol. The second-order valence-corrected chi connectivity index (χ2v) is 16.5. The number of rotatable bonds is 22. The molecule has 2 saturated heterocycles. The fraction of sp³-hybridized carbons (Fsp3) is 0.457. The Morgan fingerprint density at radius 1 is 0.844 bits per heavy atom. The van der Waals surface area contributed by atoms with Crippen LogP contribution in [0.15, 0.2) is 54.9 Å². The van der Waals surface area contributed by atoms with Crippen molar-refractivity contribution < 1.29 is 42.6 Å². The Morgan fingerprint density at radius 2 is 1.58 bits per heavy atom. The first-order valence-corrected chi connectivity index (χ1v) is 22.3. The maximum Gasteiger partial charge on any atom is 0.266 e. The number of fused-ring (bicyclic) bond motifs is 2. The van der Waals surface area contributed by atoms with E-state index >= 15 is 0 Å². The maximum atomic E-state index is 13.7. The van der Waals surface area contributed by atoms with Crippen molar-refractivity contribution in [3.63, 3.8) is 0 Å².